The molecule has 0 unspecified atom stereocenters. The highest BCUT2D eigenvalue weighted by Gasteiger charge is 2.44. The maximum atomic E-state index is 14.5. The fraction of sp³-hybridized carbons (Fsp3) is 0.585. The van der Waals surface area contributed by atoms with Crippen LogP contribution in [0.15, 0.2) is 52.9 Å². The smallest absolute Gasteiger partial charge is 0.409 e. The number of ether oxygens (including phenoxy) is 3. The van der Waals surface area contributed by atoms with Crippen LogP contribution in [0.5, 0.6) is 5.75 Å². The van der Waals surface area contributed by atoms with Crippen molar-refractivity contribution in [3.8, 4) is 5.75 Å². The Morgan fingerprint density at radius 3 is 2.73 bits per heavy atom. The molecule has 2 heterocycles. The van der Waals surface area contributed by atoms with Gasteiger partial charge >= 0.3 is 12.1 Å². The standard InChI is InChI=1S/C41H54ClN5O7S/c1-26-7-5-9-36(52-4)33-13-10-30(33)21-47-24-41(16-6-8-28-19-31(42)12-14-34(28)41)25-54-37-15-11-29(20-35(37)47)38(48)44-55(51,23-26)45-39(49)43-32-17-27(18-32)22-53-40(50)46(2)3/h5,9,11-12,14-15,19-20,26-27,30,32-33,36H,6-8,10,13,16-18,21-25H2,1-4H3,(H2,43,44,45,48,49,51)/b9-5+/t26-,27-,30-,32+,33+,36-,41-,55-/m0/s1. The Bertz CT molecular complexity index is 1940. The van der Waals surface area contributed by atoms with Crippen LogP contribution in [-0.2, 0) is 31.2 Å². The summed E-state index contributed by atoms with van der Waals surface area (Å²) in [6.45, 7) is 4.17. The molecule has 2 fully saturated rings. The third-order valence-electron chi connectivity index (χ3n) is 12.1. The summed E-state index contributed by atoms with van der Waals surface area (Å²) in [6.07, 6.45) is 10.6. The second kappa shape index (κ2) is 16.3. The lowest BCUT2D eigenvalue weighted by molar-refractivity contribution is 0.0131. The summed E-state index contributed by atoms with van der Waals surface area (Å²) in [6, 6.07) is 10.7. The van der Waals surface area contributed by atoms with Gasteiger partial charge in [0.05, 0.1) is 30.8 Å². The molecule has 0 saturated heterocycles. The summed E-state index contributed by atoms with van der Waals surface area (Å²) in [5, 5.41) is 3.61. The van der Waals surface area contributed by atoms with Crippen molar-refractivity contribution in [1.29, 1.82) is 0 Å². The number of methoxy groups -OCH3 is 1. The zero-order chi connectivity index (χ0) is 38.9. The summed E-state index contributed by atoms with van der Waals surface area (Å²) in [5.74, 6) is 0.672. The molecule has 5 aliphatic rings. The molecule has 2 N–H and O–H groups in total. The average molecular weight is 796 g/mol. The number of anilines is 1. The summed E-state index contributed by atoms with van der Waals surface area (Å²) in [7, 11) is 1.45. The number of aryl methyl sites for hydroxylation is 1. The number of fused-ring (bicyclic) bond motifs is 4. The Labute approximate surface area is 330 Å². The Morgan fingerprint density at radius 2 is 1.98 bits per heavy atom. The van der Waals surface area contributed by atoms with Crippen molar-refractivity contribution >= 4 is 45.2 Å². The highest BCUT2D eigenvalue weighted by molar-refractivity contribution is 7.92. The second-order valence-electron chi connectivity index (χ2n) is 16.5. The molecule has 4 amide bonds. The minimum atomic E-state index is -3.55. The van der Waals surface area contributed by atoms with E-state index in [1.807, 2.05) is 25.1 Å². The third-order valence-corrected chi connectivity index (χ3v) is 14.4. The van der Waals surface area contributed by atoms with Crippen LogP contribution in [0, 0.1) is 23.7 Å². The first-order chi connectivity index (χ1) is 26.3. The number of halogens is 1. The van der Waals surface area contributed by atoms with Gasteiger partial charge in [-0.2, -0.15) is 0 Å². The molecule has 0 radical (unpaired) electrons. The zero-order valence-corrected chi connectivity index (χ0v) is 33.8. The van der Waals surface area contributed by atoms with E-state index in [9.17, 15) is 18.6 Å². The highest BCUT2D eigenvalue weighted by Crippen LogP contribution is 2.47. The van der Waals surface area contributed by atoms with Crippen molar-refractivity contribution < 1.29 is 32.8 Å². The molecule has 14 heteroatoms. The van der Waals surface area contributed by atoms with Gasteiger partial charge < -0.3 is 29.3 Å². The van der Waals surface area contributed by atoms with Crippen LogP contribution in [0.1, 0.15) is 73.4 Å². The normalized spacial score (nSPS) is 32.2. The van der Waals surface area contributed by atoms with E-state index >= 15 is 0 Å². The molecule has 2 aromatic carbocycles. The minimum Gasteiger partial charge on any atom is -0.490 e. The van der Waals surface area contributed by atoms with Crippen LogP contribution in [0.25, 0.3) is 0 Å². The SMILES string of the molecule is CO[C@H]1/C=C/C[C@H](C)C[S@@](=O)(NC(=O)N[C@H]2C[C@@H](COC(=O)N(C)C)C2)=NC(=O)c2ccc3c(c2)N(C[C@@H]2CC[C@H]21)C[C@@]1(CCCc2cc(Cl)ccc21)CO3. The molecule has 6 atom stereocenters. The number of nitrogens with one attached hydrogen (secondary N) is 2. The number of amides is 4. The van der Waals surface area contributed by atoms with Crippen LogP contribution < -0.4 is 19.7 Å². The van der Waals surface area contributed by atoms with Gasteiger partial charge in [0.25, 0.3) is 5.91 Å². The molecule has 2 aliphatic heterocycles. The second-order valence-corrected chi connectivity index (χ2v) is 19.0. The average Bonchev–Trinajstić information content (AvgIpc) is 3.26. The summed E-state index contributed by atoms with van der Waals surface area (Å²) in [5.41, 5.74) is 3.34. The molecule has 3 aliphatic carbocycles. The predicted octanol–water partition coefficient (Wildman–Crippen LogP) is 6.75. The lowest BCUT2D eigenvalue weighted by Gasteiger charge is -2.46. The fourth-order valence-electron chi connectivity index (χ4n) is 9.03. The van der Waals surface area contributed by atoms with Crippen LogP contribution in [0.3, 0.4) is 0 Å². The molecule has 2 aromatic rings. The van der Waals surface area contributed by atoms with Gasteiger partial charge in [-0.15, -0.1) is 4.36 Å². The molecule has 0 aromatic heterocycles. The topological polar surface area (TPSA) is 139 Å². The van der Waals surface area contributed by atoms with Gasteiger partial charge in [0.2, 0.25) is 0 Å². The van der Waals surface area contributed by atoms with Crippen molar-refractivity contribution in [1.82, 2.24) is 14.9 Å². The van der Waals surface area contributed by atoms with E-state index in [0.717, 1.165) is 49.4 Å². The summed E-state index contributed by atoms with van der Waals surface area (Å²) in [4.78, 5) is 42.9. The van der Waals surface area contributed by atoms with Gasteiger partial charge in [0, 0.05) is 56.3 Å². The van der Waals surface area contributed by atoms with Crippen molar-refractivity contribution in [2.75, 3.05) is 58.2 Å². The van der Waals surface area contributed by atoms with E-state index in [0.29, 0.717) is 50.0 Å². The van der Waals surface area contributed by atoms with Gasteiger partial charge in [0.15, 0.2) is 0 Å². The third kappa shape index (κ3) is 8.78. The maximum Gasteiger partial charge on any atom is 0.409 e. The predicted molar refractivity (Wildman–Crippen MR) is 213 cm³/mol. The Balaban J connectivity index is 1.17. The van der Waals surface area contributed by atoms with E-state index in [1.165, 1.54) is 16.0 Å². The summed E-state index contributed by atoms with van der Waals surface area (Å²) >= 11 is 6.46. The number of hydrogen-bond acceptors (Lipinski definition) is 8. The van der Waals surface area contributed by atoms with E-state index in [-0.39, 0.29) is 47.3 Å². The number of carbonyl (C=O) groups excluding carboxylic acids is 3. The van der Waals surface area contributed by atoms with Crippen LogP contribution in [-0.4, -0.2) is 92.5 Å². The number of rotatable bonds is 5. The largest absolute Gasteiger partial charge is 0.490 e. The van der Waals surface area contributed by atoms with Gasteiger partial charge in [-0.1, -0.05) is 36.7 Å². The zero-order valence-electron chi connectivity index (χ0n) is 32.3. The molecular formula is C41H54ClN5O7S. The Morgan fingerprint density at radius 1 is 1.16 bits per heavy atom. The number of allylic oxidation sites excluding steroid dienone is 1. The van der Waals surface area contributed by atoms with E-state index in [4.69, 9.17) is 25.8 Å². The van der Waals surface area contributed by atoms with Crippen molar-refractivity contribution in [3.05, 3.63) is 70.3 Å². The molecular weight excluding hydrogens is 742 g/mol. The number of hydrogen-bond donors (Lipinski definition) is 2. The van der Waals surface area contributed by atoms with Crippen LogP contribution >= 0.6 is 11.6 Å². The van der Waals surface area contributed by atoms with Gasteiger partial charge in [-0.05, 0) is 116 Å². The van der Waals surface area contributed by atoms with Gasteiger partial charge in [-0.25, -0.2) is 13.8 Å². The quantitative estimate of drug-likeness (QED) is 0.317. The molecule has 12 nitrogen and oxygen atoms in total. The van der Waals surface area contributed by atoms with Gasteiger partial charge in [-0.3, -0.25) is 9.52 Å². The molecule has 298 valence electrons. The van der Waals surface area contributed by atoms with E-state index in [2.05, 4.69) is 43.6 Å². The molecule has 2 bridgehead atoms. The maximum absolute atomic E-state index is 14.5. The number of carbonyl (C=O) groups is 3. The van der Waals surface area contributed by atoms with Crippen molar-refractivity contribution in [3.63, 3.8) is 0 Å². The Hall–Kier alpha value is -3.81. The van der Waals surface area contributed by atoms with Crippen molar-refractivity contribution in [2.24, 2.45) is 28.0 Å². The van der Waals surface area contributed by atoms with Crippen LogP contribution in [0.4, 0.5) is 15.3 Å². The van der Waals surface area contributed by atoms with Crippen molar-refractivity contribution in [2.45, 2.75) is 75.9 Å². The van der Waals surface area contributed by atoms with E-state index < -0.39 is 27.9 Å². The molecule has 7 rings (SSSR count). The molecule has 2 saturated carbocycles. The first kappa shape index (κ1) is 39.4. The van der Waals surface area contributed by atoms with E-state index in [1.54, 1.807) is 27.3 Å². The number of nitrogens with zero attached hydrogens (tertiary/aromatic N) is 3. The molecule has 55 heavy (non-hydrogen) atoms. The number of urea groups is 1. The van der Waals surface area contributed by atoms with Gasteiger partial charge in [0.1, 0.15) is 15.7 Å². The Kier molecular flexibility index (Phi) is 11.7. The highest BCUT2D eigenvalue weighted by atomic mass is 35.5. The summed E-state index contributed by atoms with van der Waals surface area (Å²) < 4.78 is 39.4. The minimum absolute atomic E-state index is 0.0138. The van der Waals surface area contributed by atoms with Crippen LogP contribution in [0.2, 0.25) is 5.02 Å². The lowest BCUT2D eigenvalue weighted by Crippen LogP contribution is -2.51. The lowest BCUT2D eigenvalue weighted by atomic mass is 9.68. The first-order valence-electron chi connectivity index (χ1n) is 19.6. The number of benzene rings is 2. The fourth-order valence-corrected chi connectivity index (χ4v) is 11.1. The monoisotopic (exact) mass is 795 g/mol. The molecule has 1 spiro atoms. The first-order valence-corrected chi connectivity index (χ1v) is 21.6.